The Balaban J connectivity index is 2.21. The van der Waals surface area contributed by atoms with Crippen molar-refractivity contribution in [1.29, 1.82) is 0 Å². The second kappa shape index (κ2) is 7.02. The van der Waals surface area contributed by atoms with E-state index in [-0.39, 0.29) is 18.0 Å². The number of nitrogens with one attached hydrogen (secondary N) is 1. The molecule has 0 fully saturated rings. The van der Waals surface area contributed by atoms with E-state index in [0.29, 0.717) is 5.56 Å². The second-order valence-corrected chi connectivity index (χ2v) is 8.08. The molecule has 0 amide bonds. The highest BCUT2D eigenvalue weighted by molar-refractivity contribution is 9.10. The summed E-state index contributed by atoms with van der Waals surface area (Å²) in [7, 11) is -3.59. The van der Waals surface area contributed by atoms with E-state index in [9.17, 15) is 13.5 Å². The van der Waals surface area contributed by atoms with Crippen LogP contribution < -0.4 is 4.72 Å². The van der Waals surface area contributed by atoms with Gasteiger partial charge in [0.25, 0.3) is 0 Å². The van der Waals surface area contributed by atoms with Crippen molar-refractivity contribution in [3.05, 3.63) is 50.1 Å². The van der Waals surface area contributed by atoms with Gasteiger partial charge in [-0.2, -0.15) is 0 Å². The van der Waals surface area contributed by atoms with Crippen molar-refractivity contribution in [2.75, 3.05) is 0 Å². The van der Waals surface area contributed by atoms with Crippen molar-refractivity contribution in [3.63, 3.8) is 0 Å². The number of halogens is 1. The third-order valence-electron chi connectivity index (χ3n) is 3.15. The number of benzene rings is 1. The lowest BCUT2D eigenvalue weighted by Crippen LogP contribution is -2.23. The lowest BCUT2D eigenvalue weighted by Gasteiger charge is -2.10. The molecule has 2 aromatic rings. The molecule has 4 nitrogen and oxygen atoms in total. The molecule has 2 rings (SSSR count). The minimum Gasteiger partial charge on any atom is -0.392 e. The smallest absolute Gasteiger partial charge is 0.240 e. The first kappa shape index (κ1) is 16.6. The van der Waals surface area contributed by atoms with E-state index >= 15 is 0 Å². The van der Waals surface area contributed by atoms with Gasteiger partial charge in [0.15, 0.2) is 0 Å². The van der Waals surface area contributed by atoms with Crippen LogP contribution in [-0.4, -0.2) is 13.5 Å². The van der Waals surface area contributed by atoms with Crippen molar-refractivity contribution < 1.29 is 13.5 Å². The monoisotopic (exact) mass is 389 g/mol. The molecule has 2 N–H and O–H groups in total. The van der Waals surface area contributed by atoms with Crippen LogP contribution in [0.15, 0.2) is 39.0 Å². The summed E-state index contributed by atoms with van der Waals surface area (Å²) in [6.45, 7) is 2.04. The summed E-state index contributed by atoms with van der Waals surface area (Å²) in [6.07, 6.45) is 0.756. The summed E-state index contributed by atoms with van der Waals surface area (Å²) in [4.78, 5) is 1.10. The molecule has 0 unspecified atom stereocenters. The van der Waals surface area contributed by atoms with E-state index in [2.05, 4.69) is 20.7 Å². The van der Waals surface area contributed by atoms with Crippen LogP contribution in [0.4, 0.5) is 0 Å². The molecule has 7 heteroatoms. The summed E-state index contributed by atoms with van der Waals surface area (Å²) in [5, 5.41) is 11.2. The van der Waals surface area contributed by atoms with Crippen LogP contribution in [0, 0.1) is 0 Å². The number of aliphatic hydroxyl groups is 1. The normalized spacial score (nSPS) is 11.8. The zero-order valence-electron chi connectivity index (χ0n) is 11.5. The Morgan fingerprint density at radius 1 is 1.29 bits per heavy atom. The van der Waals surface area contributed by atoms with Gasteiger partial charge in [-0.1, -0.05) is 13.0 Å². The molecule has 0 aliphatic rings. The molecular weight excluding hydrogens is 374 g/mol. The zero-order chi connectivity index (χ0) is 15.5. The van der Waals surface area contributed by atoms with E-state index in [4.69, 9.17) is 0 Å². The number of hydrogen-bond acceptors (Lipinski definition) is 4. The predicted molar refractivity (Wildman–Crippen MR) is 87.8 cm³/mol. The lowest BCUT2D eigenvalue weighted by molar-refractivity contribution is 0.280. The summed E-state index contributed by atoms with van der Waals surface area (Å²) in [5.41, 5.74) is 1.61. The number of thiophene rings is 1. The van der Waals surface area contributed by atoms with Crippen molar-refractivity contribution in [1.82, 2.24) is 4.72 Å². The molecule has 1 aromatic carbocycles. The molecule has 0 saturated carbocycles. The van der Waals surface area contributed by atoms with Crippen LogP contribution >= 0.6 is 27.3 Å². The van der Waals surface area contributed by atoms with Crippen LogP contribution in [0.2, 0.25) is 0 Å². The molecule has 1 heterocycles. The number of aliphatic hydroxyl groups excluding tert-OH is 1. The average Bonchev–Trinajstić information content (AvgIpc) is 2.89. The van der Waals surface area contributed by atoms with E-state index in [1.165, 1.54) is 17.4 Å². The van der Waals surface area contributed by atoms with Gasteiger partial charge in [-0.05, 0) is 57.1 Å². The Morgan fingerprint density at radius 2 is 2.05 bits per heavy atom. The van der Waals surface area contributed by atoms with E-state index in [1.807, 2.05) is 18.4 Å². The molecule has 0 aliphatic heterocycles. The van der Waals surface area contributed by atoms with Gasteiger partial charge in [0, 0.05) is 15.9 Å². The van der Waals surface area contributed by atoms with Crippen LogP contribution in [0.3, 0.4) is 0 Å². The van der Waals surface area contributed by atoms with Crippen molar-refractivity contribution in [2.45, 2.75) is 31.4 Å². The van der Waals surface area contributed by atoms with E-state index in [0.717, 1.165) is 21.3 Å². The molecule has 0 aliphatic carbocycles. The van der Waals surface area contributed by atoms with Crippen LogP contribution in [0.1, 0.15) is 22.9 Å². The molecule has 0 radical (unpaired) electrons. The van der Waals surface area contributed by atoms with Crippen LogP contribution in [-0.2, 0) is 29.6 Å². The number of hydrogen-bond donors (Lipinski definition) is 2. The highest BCUT2D eigenvalue weighted by atomic mass is 79.9. The highest BCUT2D eigenvalue weighted by Crippen LogP contribution is 2.23. The van der Waals surface area contributed by atoms with Crippen molar-refractivity contribution in [3.8, 4) is 0 Å². The molecule has 114 valence electrons. The predicted octanol–water partition coefficient (Wildman–Crippen LogP) is 3.04. The summed E-state index contributed by atoms with van der Waals surface area (Å²) in [5.74, 6) is 0. The molecule has 0 spiro atoms. The third kappa shape index (κ3) is 3.92. The zero-order valence-corrected chi connectivity index (χ0v) is 14.7. The van der Waals surface area contributed by atoms with Gasteiger partial charge >= 0.3 is 0 Å². The maximum atomic E-state index is 12.3. The summed E-state index contributed by atoms with van der Waals surface area (Å²) >= 11 is 4.86. The van der Waals surface area contributed by atoms with E-state index in [1.54, 1.807) is 12.1 Å². The Labute approximate surface area is 137 Å². The van der Waals surface area contributed by atoms with Gasteiger partial charge < -0.3 is 5.11 Å². The van der Waals surface area contributed by atoms with Gasteiger partial charge in [-0.3, -0.25) is 0 Å². The summed E-state index contributed by atoms with van der Waals surface area (Å²) < 4.78 is 28.1. The number of rotatable bonds is 6. The van der Waals surface area contributed by atoms with Crippen molar-refractivity contribution in [2.24, 2.45) is 0 Å². The first-order valence-corrected chi connectivity index (χ1v) is 9.57. The minimum atomic E-state index is -3.59. The maximum absolute atomic E-state index is 12.3. The minimum absolute atomic E-state index is 0.164. The number of sulfonamides is 1. The van der Waals surface area contributed by atoms with Gasteiger partial charge in [0.2, 0.25) is 10.0 Å². The Kier molecular flexibility index (Phi) is 5.56. The Bertz CT molecular complexity index is 726. The van der Waals surface area contributed by atoms with Gasteiger partial charge in [0.05, 0.1) is 11.5 Å². The fourth-order valence-corrected chi connectivity index (χ4v) is 4.53. The molecule has 0 bridgehead atoms. The fraction of sp³-hybridized carbons (Fsp3) is 0.286. The Hall–Kier alpha value is -0.730. The van der Waals surface area contributed by atoms with Crippen molar-refractivity contribution >= 4 is 37.3 Å². The van der Waals surface area contributed by atoms with E-state index < -0.39 is 10.0 Å². The third-order valence-corrected chi connectivity index (χ3v) is 6.48. The lowest BCUT2D eigenvalue weighted by atomic mass is 10.1. The Morgan fingerprint density at radius 3 is 2.62 bits per heavy atom. The molecular formula is C14H16BrNO3S2. The van der Waals surface area contributed by atoms with Gasteiger partial charge in [-0.15, -0.1) is 11.3 Å². The fourth-order valence-electron chi connectivity index (χ4n) is 1.96. The highest BCUT2D eigenvalue weighted by Gasteiger charge is 2.16. The van der Waals surface area contributed by atoms with Gasteiger partial charge in [-0.25, -0.2) is 13.1 Å². The molecule has 1 aromatic heterocycles. The largest absolute Gasteiger partial charge is 0.392 e. The molecule has 0 saturated heterocycles. The van der Waals surface area contributed by atoms with Crippen LogP contribution in [0.5, 0.6) is 0 Å². The van der Waals surface area contributed by atoms with Gasteiger partial charge in [0.1, 0.15) is 0 Å². The SMILES string of the molecule is CCc1ccc(S(=O)(=O)NCc2sccc2Br)cc1CO. The molecule has 0 atom stereocenters. The quantitative estimate of drug-likeness (QED) is 0.797. The maximum Gasteiger partial charge on any atom is 0.240 e. The summed E-state index contributed by atoms with van der Waals surface area (Å²) in [6, 6.07) is 6.74. The molecule has 21 heavy (non-hydrogen) atoms. The standard InChI is InChI=1S/C14H16BrNO3S2/c1-2-10-3-4-12(7-11(10)9-17)21(18,19)16-8-14-13(15)5-6-20-14/h3-7,16-17H,2,8-9H2,1H3. The number of aryl methyl sites for hydroxylation is 1. The average molecular weight is 390 g/mol. The second-order valence-electron chi connectivity index (χ2n) is 4.46. The first-order chi connectivity index (χ1) is 9.97. The van der Waals surface area contributed by atoms with Crippen LogP contribution in [0.25, 0.3) is 0 Å². The topological polar surface area (TPSA) is 66.4 Å². The first-order valence-electron chi connectivity index (χ1n) is 6.42.